The molecule has 1 aliphatic carbocycles. The third-order valence-corrected chi connectivity index (χ3v) is 9.33. The summed E-state index contributed by atoms with van der Waals surface area (Å²) >= 11 is 14.6. The average molecular weight is 730 g/mol. The lowest BCUT2D eigenvalue weighted by molar-refractivity contribution is -0.869. The van der Waals surface area contributed by atoms with Gasteiger partial charge in [0.1, 0.15) is 16.6 Å². The zero-order valence-electron chi connectivity index (χ0n) is 27.0. The highest BCUT2D eigenvalue weighted by Gasteiger charge is 2.36. The molecule has 2 heterocycles. The molecule has 5 rings (SSSR count). The van der Waals surface area contributed by atoms with Gasteiger partial charge in [0.15, 0.2) is 5.75 Å². The molecule has 1 fully saturated rings. The summed E-state index contributed by atoms with van der Waals surface area (Å²) < 4.78 is 38.5. The fraction of sp³-hybridized carbons (Fsp3) is 0.424. The number of fused-ring (bicyclic) bond motifs is 1. The number of carboxylic acids is 1. The van der Waals surface area contributed by atoms with E-state index in [1.807, 2.05) is 35.5 Å². The standard InChI is InChI=1S/C31H37Cl2N4O3S.C2HF3O2/c1-34(16-17-37(2,3)4)29(38)12-9-21-19-24(33)28(20-23(21)32)40-27-13-18-41-30(27)31(39)36-15-14-35(22-10-11-22)25-7-5-6-8-26(25)36;3-2(4,5)1(6)7/h5-8,13,18-20,22H,9-12,14-17H2,1-4H3;(H,6,7)/q+1;/p-1. The number of carboxylic acid groups (broad SMARTS) is 1. The lowest BCUT2D eigenvalue weighted by atomic mass is 10.1. The van der Waals surface area contributed by atoms with Gasteiger partial charge in [0, 0.05) is 43.7 Å². The lowest BCUT2D eigenvalue weighted by Crippen LogP contribution is -2.44. The molecule has 3 aromatic rings. The molecule has 1 aliphatic heterocycles. The average Bonchev–Trinajstić information content (AvgIpc) is 3.76. The van der Waals surface area contributed by atoms with Crippen molar-refractivity contribution >= 4 is 63.7 Å². The first-order valence-electron chi connectivity index (χ1n) is 15.2. The maximum Gasteiger partial charge on any atom is 0.430 e. The second kappa shape index (κ2) is 15.4. The van der Waals surface area contributed by atoms with Crippen molar-refractivity contribution in [2.24, 2.45) is 0 Å². The predicted molar refractivity (Wildman–Crippen MR) is 179 cm³/mol. The Bertz CT molecular complexity index is 1640. The molecule has 260 valence electrons. The van der Waals surface area contributed by atoms with E-state index >= 15 is 0 Å². The van der Waals surface area contributed by atoms with Gasteiger partial charge in [-0.25, -0.2) is 0 Å². The first kappa shape index (κ1) is 37.3. The van der Waals surface area contributed by atoms with Crippen molar-refractivity contribution < 1.29 is 41.9 Å². The SMILES string of the molecule is CN(CC[N+](C)(C)C)C(=O)CCc1cc(Cl)c(Oc2ccsc2C(=O)N2CCN(C3CC3)c3ccccc32)cc1Cl.O=C([O-])C(F)(F)F. The number of hydrogen-bond acceptors (Lipinski definition) is 7. The van der Waals surface area contributed by atoms with Gasteiger partial charge in [0.05, 0.1) is 50.6 Å². The molecule has 0 unspecified atom stereocenters. The summed E-state index contributed by atoms with van der Waals surface area (Å²) in [6.45, 7) is 2.99. The monoisotopic (exact) mass is 728 g/mol. The summed E-state index contributed by atoms with van der Waals surface area (Å²) in [4.78, 5) is 41.8. The number of nitrogens with zero attached hydrogens (tertiary/aromatic N) is 4. The van der Waals surface area contributed by atoms with E-state index in [1.165, 1.54) is 24.2 Å². The number of anilines is 2. The first-order chi connectivity index (χ1) is 22.5. The van der Waals surface area contributed by atoms with Crippen LogP contribution in [0.15, 0.2) is 47.8 Å². The van der Waals surface area contributed by atoms with Crippen LogP contribution in [0.4, 0.5) is 24.5 Å². The quantitative estimate of drug-likeness (QED) is 0.243. The number of alkyl halides is 3. The molecule has 0 radical (unpaired) electrons. The van der Waals surface area contributed by atoms with Crippen molar-refractivity contribution in [2.45, 2.75) is 37.9 Å². The minimum Gasteiger partial charge on any atom is -0.542 e. The van der Waals surface area contributed by atoms with E-state index in [9.17, 15) is 22.8 Å². The molecule has 0 atom stereocenters. The number of quaternary nitrogens is 1. The van der Waals surface area contributed by atoms with Crippen LogP contribution in [0.25, 0.3) is 0 Å². The topological polar surface area (TPSA) is 93.2 Å². The van der Waals surface area contributed by atoms with Crippen LogP contribution in [0.2, 0.25) is 10.0 Å². The van der Waals surface area contributed by atoms with Gasteiger partial charge in [-0.3, -0.25) is 9.59 Å². The highest BCUT2D eigenvalue weighted by molar-refractivity contribution is 7.12. The summed E-state index contributed by atoms with van der Waals surface area (Å²) in [5.74, 6) is -2.22. The molecule has 1 saturated carbocycles. The molecule has 1 aromatic heterocycles. The third kappa shape index (κ3) is 9.77. The molecule has 2 amide bonds. The minimum atomic E-state index is -5.19. The molecule has 2 aromatic carbocycles. The molecule has 15 heteroatoms. The summed E-state index contributed by atoms with van der Waals surface area (Å²) in [7, 11) is 8.14. The van der Waals surface area contributed by atoms with E-state index in [2.05, 4.69) is 32.1 Å². The number of carbonyl (C=O) groups is 3. The van der Waals surface area contributed by atoms with Gasteiger partial charge in [0.25, 0.3) is 5.91 Å². The van der Waals surface area contributed by atoms with Crippen LogP contribution in [0.1, 0.15) is 34.5 Å². The number of amides is 2. The number of halogens is 5. The van der Waals surface area contributed by atoms with Gasteiger partial charge in [0.2, 0.25) is 5.91 Å². The maximum atomic E-state index is 13.8. The zero-order chi connectivity index (χ0) is 35.4. The second-order valence-electron chi connectivity index (χ2n) is 12.6. The number of aryl methyl sites for hydroxylation is 1. The Labute approximate surface area is 291 Å². The third-order valence-electron chi connectivity index (χ3n) is 7.80. The van der Waals surface area contributed by atoms with Gasteiger partial charge < -0.3 is 33.8 Å². The highest BCUT2D eigenvalue weighted by Crippen LogP contribution is 2.42. The molecule has 9 nitrogen and oxygen atoms in total. The Morgan fingerprint density at radius 3 is 2.27 bits per heavy atom. The lowest BCUT2D eigenvalue weighted by Gasteiger charge is -2.37. The van der Waals surface area contributed by atoms with Gasteiger partial charge >= 0.3 is 6.18 Å². The Hall–Kier alpha value is -3.52. The van der Waals surface area contributed by atoms with E-state index in [1.54, 1.807) is 23.1 Å². The fourth-order valence-corrected chi connectivity index (χ4v) is 6.22. The Morgan fingerprint density at radius 2 is 1.67 bits per heavy atom. The number of likely N-dealkylation sites (N-methyl/N-ethyl adjacent to an activating group) is 2. The van der Waals surface area contributed by atoms with Crippen LogP contribution < -0.4 is 19.6 Å². The van der Waals surface area contributed by atoms with Crippen molar-refractivity contribution in [3.8, 4) is 11.5 Å². The number of para-hydroxylation sites is 2. The van der Waals surface area contributed by atoms with Crippen LogP contribution in [0, 0.1) is 0 Å². The van der Waals surface area contributed by atoms with E-state index in [0.29, 0.717) is 58.4 Å². The molecular weight excluding hydrogens is 692 g/mol. The van der Waals surface area contributed by atoms with Crippen molar-refractivity contribution in [1.82, 2.24) is 4.90 Å². The van der Waals surface area contributed by atoms with Crippen LogP contribution in [0.3, 0.4) is 0 Å². The summed E-state index contributed by atoms with van der Waals surface area (Å²) in [5, 5.41) is 11.5. The van der Waals surface area contributed by atoms with Crippen LogP contribution >= 0.6 is 34.5 Å². The maximum absolute atomic E-state index is 13.8. The second-order valence-corrected chi connectivity index (χ2v) is 14.3. The van der Waals surface area contributed by atoms with E-state index in [0.717, 1.165) is 34.5 Å². The minimum absolute atomic E-state index is 0.0620. The number of benzene rings is 2. The largest absolute Gasteiger partial charge is 0.542 e. The highest BCUT2D eigenvalue weighted by atomic mass is 35.5. The number of hydrogen-bond donors (Lipinski definition) is 0. The van der Waals surface area contributed by atoms with E-state index < -0.39 is 12.1 Å². The fourth-order valence-electron chi connectivity index (χ4n) is 4.98. The van der Waals surface area contributed by atoms with Crippen molar-refractivity contribution in [3.63, 3.8) is 0 Å². The predicted octanol–water partition coefficient (Wildman–Crippen LogP) is 5.87. The van der Waals surface area contributed by atoms with Crippen LogP contribution in [-0.2, 0) is 16.0 Å². The number of thiophene rings is 1. The van der Waals surface area contributed by atoms with Crippen LogP contribution in [0.5, 0.6) is 11.5 Å². The number of carbonyl (C=O) groups excluding carboxylic acids is 3. The number of ether oxygens (including phenoxy) is 1. The smallest absolute Gasteiger partial charge is 0.430 e. The first-order valence-corrected chi connectivity index (χ1v) is 16.8. The molecular formula is C33H37Cl2F3N4O5S. The van der Waals surface area contributed by atoms with Crippen molar-refractivity contribution in [3.05, 3.63) is 68.3 Å². The molecule has 0 spiro atoms. The van der Waals surface area contributed by atoms with Gasteiger partial charge in [-0.15, -0.1) is 11.3 Å². The molecule has 0 bridgehead atoms. The van der Waals surface area contributed by atoms with E-state index in [4.69, 9.17) is 37.8 Å². The molecule has 0 N–H and O–H groups in total. The Morgan fingerprint density at radius 1 is 1.02 bits per heavy atom. The van der Waals surface area contributed by atoms with Gasteiger partial charge in [-0.1, -0.05) is 35.3 Å². The number of rotatable bonds is 10. The van der Waals surface area contributed by atoms with Crippen LogP contribution in [-0.4, -0.2) is 93.8 Å². The number of aliphatic carboxylic acids is 1. The van der Waals surface area contributed by atoms with Gasteiger partial charge in [-0.05, 0) is 54.5 Å². The van der Waals surface area contributed by atoms with E-state index in [-0.39, 0.29) is 11.8 Å². The molecule has 0 saturated heterocycles. The summed E-state index contributed by atoms with van der Waals surface area (Å²) in [6.07, 6.45) is -1.97. The van der Waals surface area contributed by atoms with Crippen molar-refractivity contribution in [1.29, 1.82) is 0 Å². The van der Waals surface area contributed by atoms with Gasteiger partial charge in [-0.2, -0.15) is 13.2 Å². The molecule has 2 aliphatic rings. The Balaban J connectivity index is 0.000000671. The zero-order valence-corrected chi connectivity index (χ0v) is 29.3. The summed E-state index contributed by atoms with van der Waals surface area (Å²) in [5.41, 5.74) is 2.82. The normalized spacial score (nSPS) is 14.5. The van der Waals surface area contributed by atoms with Crippen molar-refractivity contribution in [2.75, 3.05) is 64.2 Å². The summed E-state index contributed by atoms with van der Waals surface area (Å²) in [6, 6.07) is 13.9. The molecule has 48 heavy (non-hydrogen) atoms. The Kier molecular flexibility index (Phi) is 11.9.